The monoisotopic (exact) mass is 487 g/mol. The molecule has 1 aromatic rings. The van der Waals surface area contributed by atoms with Crippen LogP contribution in [0.5, 0.6) is 0 Å². The number of ether oxygens (including phenoxy) is 1. The van der Waals surface area contributed by atoms with E-state index < -0.39 is 6.16 Å². The lowest BCUT2D eigenvalue weighted by Crippen LogP contribution is -2.09. The molecule has 1 fully saturated rings. The SMILES string of the molecule is CC.CC.CC#CCC(C)C/C=C/[C@H]1CCC[C@@H]1c1cccc(CCCC=O)c1N.COC(=O)O. The molecule has 0 heterocycles. The van der Waals surface area contributed by atoms with Gasteiger partial charge in [0.1, 0.15) is 6.29 Å². The van der Waals surface area contributed by atoms with E-state index in [2.05, 4.69) is 53.9 Å². The average Bonchev–Trinajstić information content (AvgIpc) is 3.35. The first-order valence-electron chi connectivity index (χ1n) is 13.1. The van der Waals surface area contributed by atoms with E-state index in [0.717, 1.165) is 44.8 Å². The molecule has 5 heteroatoms. The maximum absolute atomic E-state index is 10.6. The summed E-state index contributed by atoms with van der Waals surface area (Å²) in [7, 11) is 1.10. The molecule has 0 aromatic heterocycles. The van der Waals surface area contributed by atoms with Gasteiger partial charge in [0.05, 0.1) is 7.11 Å². The summed E-state index contributed by atoms with van der Waals surface area (Å²) in [6, 6.07) is 6.45. The Kier molecular flexibility index (Phi) is 22.6. The fraction of sp³-hybridized carbons (Fsp3) is 0.600. The van der Waals surface area contributed by atoms with Gasteiger partial charge >= 0.3 is 6.16 Å². The van der Waals surface area contributed by atoms with Crippen LogP contribution in [0.3, 0.4) is 0 Å². The summed E-state index contributed by atoms with van der Waals surface area (Å²) in [6.45, 7) is 12.2. The second kappa shape index (κ2) is 23.0. The molecule has 198 valence electrons. The molecule has 5 nitrogen and oxygen atoms in total. The third-order valence-electron chi connectivity index (χ3n) is 5.69. The zero-order valence-corrected chi connectivity index (χ0v) is 23.1. The molecular formula is C30H49NO4. The number of unbranched alkanes of at least 4 members (excludes halogenated alkanes) is 1. The Bertz CT molecular complexity index is 776. The molecule has 1 aliphatic rings. The molecule has 1 aromatic carbocycles. The Balaban J connectivity index is 0. The number of carboxylic acid groups (broad SMARTS) is 1. The van der Waals surface area contributed by atoms with Gasteiger partial charge in [-0.2, -0.15) is 0 Å². The third-order valence-corrected chi connectivity index (χ3v) is 5.69. The fourth-order valence-corrected chi connectivity index (χ4v) is 4.00. The van der Waals surface area contributed by atoms with Gasteiger partial charge in [0.2, 0.25) is 0 Å². The number of para-hydroxylation sites is 1. The maximum Gasteiger partial charge on any atom is 0.505 e. The molecule has 0 aliphatic heterocycles. The number of rotatable bonds is 9. The Morgan fingerprint density at radius 1 is 1.26 bits per heavy atom. The van der Waals surface area contributed by atoms with Gasteiger partial charge in [-0.05, 0) is 67.9 Å². The van der Waals surface area contributed by atoms with Crippen LogP contribution in [0, 0.1) is 23.7 Å². The van der Waals surface area contributed by atoms with E-state index in [1.54, 1.807) is 0 Å². The number of carbonyl (C=O) groups excluding carboxylic acids is 1. The predicted molar refractivity (Wildman–Crippen MR) is 149 cm³/mol. The molecule has 0 bridgehead atoms. The topological polar surface area (TPSA) is 89.6 Å². The summed E-state index contributed by atoms with van der Waals surface area (Å²) in [4.78, 5) is 19.7. The lowest BCUT2D eigenvalue weighted by molar-refractivity contribution is -0.107. The number of nitrogens with two attached hydrogens (primary N) is 1. The van der Waals surface area contributed by atoms with E-state index in [1.807, 2.05) is 34.6 Å². The fourth-order valence-electron chi connectivity index (χ4n) is 4.00. The van der Waals surface area contributed by atoms with Crippen molar-refractivity contribution in [1.82, 2.24) is 0 Å². The Labute approximate surface area is 214 Å². The standard InChI is InChI=1S/C24H33NO.C2H4O3.2C2H6/c1-3-4-10-19(2)11-7-13-20-14-8-16-22(20)23-17-9-15-21(24(23)25)12-5-6-18-26;1-5-2(3)4;2*1-2/h7,9,13,15,17-20,22H,5-6,8,10-12,14,16,25H2,1-2H3;1H3,(H,3,4);2*1-2H3/b13-7+;;;/t19?,20-,22-;;;/m0.../s1. The quantitative estimate of drug-likeness (QED) is 0.0918. The summed E-state index contributed by atoms with van der Waals surface area (Å²) < 4.78 is 3.67. The molecule has 35 heavy (non-hydrogen) atoms. The van der Waals surface area contributed by atoms with E-state index in [9.17, 15) is 4.79 Å². The lowest BCUT2D eigenvalue weighted by atomic mass is 9.85. The highest BCUT2D eigenvalue weighted by Crippen LogP contribution is 2.43. The molecule has 1 aliphatic carbocycles. The van der Waals surface area contributed by atoms with E-state index >= 15 is 0 Å². The first kappa shape index (κ1) is 34.4. The number of carbonyl (C=O) groups is 2. The van der Waals surface area contributed by atoms with Gasteiger partial charge in [0, 0.05) is 18.5 Å². The van der Waals surface area contributed by atoms with Gasteiger partial charge in [0.25, 0.3) is 0 Å². The second-order valence-corrected chi connectivity index (χ2v) is 8.05. The summed E-state index contributed by atoms with van der Waals surface area (Å²) in [5.41, 5.74) is 9.98. The number of methoxy groups -OCH3 is 1. The highest BCUT2D eigenvalue weighted by molar-refractivity contribution is 5.57. The first-order valence-corrected chi connectivity index (χ1v) is 13.1. The Morgan fingerprint density at radius 3 is 2.49 bits per heavy atom. The number of aldehydes is 1. The molecule has 1 saturated carbocycles. The molecule has 1 unspecified atom stereocenters. The van der Waals surface area contributed by atoms with E-state index in [1.165, 1.54) is 30.4 Å². The zero-order valence-electron chi connectivity index (χ0n) is 23.1. The molecule has 0 saturated heterocycles. The van der Waals surface area contributed by atoms with Crippen molar-refractivity contribution in [3.8, 4) is 11.8 Å². The van der Waals surface area contributed by atoms with Crippen molar-refractivity contribution in [2.75, 3.05) is 12.8 Å². The van der Waals surface area contributed by atoms with Crippen molar-refractivity contribution >= 4 is 18.1 Å². The van der Waals surface area contributed by atoms with Crippen molar-refractivity contribution in [3.05, 3.63) is 41.5 Å². The summed E-state index contributed by atoms with van der Waals surface area (Å²) >= 11 is 0. The van der Waals surface area contributed by atoms with Crippen LogP contribution in [0.4, 0.5) is 10.5 Å². The van der Waals surface area contributed by atoms with Crippen LogP contribution in [-0.2, 0) is 16.0 Å². The largest absolute Gasteiger partial charge is 0.505 e. The Morgan fingerprint density at radius 2 is 1.91 bits per heavy atom. The lowest BCUT2D eigenvalue weighted by Gasteiger charge is -2.21. The summed E-state index contributed by atoms with van der Waals surface area (Å²) in [6.07, 6.45) is 12.7. The molecule has 2 rings (SSSR count). The average molecular weight is 488 g/mol. The minimum Gasteiger partial charge on any atom is -0.450 e. The number of anilines is 1. The molecule has 0 spiro atoms. The minimum atomic E-state index is -1.25. The van der Waals surface area contributed by atoms with Gasteiger partial charge in [0.15, 0.2) is 0 Å². The van der Waals surface area contributed by atoms with Crippen molar-refractivity contribution in [2.45, 2.75) is 98.8 Å². The van der Waals surface area contributed by atoms with Crippen molar-refractivity contribution < 1.29 is 19.4 Å². The number of hydrogen-bond acceptors (Lipinski definition) is 4. The van der Waals surface area contributed by atoms with Crippen LogP contribution in [-0.4, -0.2) is 24.7 Å². The Hall–Kier alpha value is -2.74. The number of allylic oxidation sites excluding steroid dienone is 2. The highest BCUT2D eigenvalue weighted by Gasteiger charge is 2.28. The maximum atomic E-state index is 10.6. The molecule has 3 atom stereocenters. The number of hydrogen-bond donors (Lipinski definition) is 2. The minimum absolute atomic E-state index is 0.531. The van der Waals surface area contributed by atoms with Crippen molar-refractivity contribution in [3.63, 3.8) is 0 Å². The van der Waals surface area contributed by atoms with Gasteiger partial charge in [-0.25, -0.2) is 4.79 Å². The van der Waals surface area contributed by atoms with Crippen LogP contribution in [0.15, 0.2) is 30.4 Å². The van der Waals surface area contributed by atoms with Crippen LogP contribution in [0.2, 0.25) is 0 Å². The first-order chi connectivity index (χ1) is 16.9. The molecule has 3 N–H and O–H groups in total. The van der Waals surface area contributed by atoms with E-state index in [0.29, 0.717) is 24.2 Å². The summed E-state index contributed by atoms with van der Waals surface area (Å²) in [5.74, 6) is 7.89. The van der Waals surface area contributed by atoms with Crippen LogP contribution in [0.25, 0.3) is 0 Å². The van der Waals surface area contributed by atoms with E-state index in [-0.39, 0.29) is 0 Å². The number of nitrogen functional groups attached to an aromatic ring is 1. The van der Waals surface area contributed by atoms with Crippen LogP contribution < -0.4 is 5.73 Å². The van der Waals surface area contributed by atoms with Gasteiger partial charge in [-0.15, -0.1) is 11.8 Å². The number of benzene rings is 1. The number of aryl methyl sites for hydroxylation is 1. The smallest absolute Gasteiger partial charge is 0.450 e. The van der Waals surface area contributed by atoms with Crippen LogP contribution in [0.1, 0.15) is 104 Å². The predicted octanol–water partition coefficient (Wildman–Crippen LogP) is 8.03. The molecular weight excluding hydrogens is 438 g/mol. The third kappa shape index (κ3) is 15.0. The summed E-state index contributed by atoms with van der Waals surface area (Å²) in [5, 5.41) is 7.50. The molecule has 0 amide bonds. The second-order valence-electron chi connectivity index (χ2n) is 8.05. The zero-order chi connectivity index (χ0) is 27.1. The van der Waals surface area contributed by atoms with E-state index in [4.69, 9.17) is 15.6 Å². The van der Waals surface area contributed by atoms with Crippen molar-refractivity contribution in [1.29, 1.82) is 0 Å². The van der Waals surface area contributed by atoms with Crippen molar-refractivity contribution in [2.24, 2.45) is 11.8 Å². The van der Waals surface area contributed by atoms with Gasteiger partial charge < -0.3 is 20.4 Å². The van der Waals surface area contributed by atoms with Gasteiger partial charge in [-0.1, -0.05) is 71.4 Å². The highest BCUT2D eigenvalue weighted by atomic mass is 16.6. The van der Waals surface area contributed by atoms with Crippen LogP contribution >= 0.6 is 0 Å². The normalized spacial score (nSPS) is 16.7. The molecule has 0 radical (unpaired) electrons. The van der Waals surface area contributed by atoms with Gasteiger partial charge in [-0.3, -0.25) is 0 Å².